The maximum atomic E-state index is 4.76. The van der Waals surface area contributed by atoms with Crippen molar-refractivity contribution in [3.8, 4) is 0 Å². The van der Waals surface area contributed by atoms with Crippen LogP contribution in [-0.2, 0) is 13.5 Å². The van der Waals surface area contributed by atoms with Crippen molar-refractivity contribution in [1.82, 2.24) is 19.9 Å². The highest BCUT2D eigenvalue weighted by atomic mass is 15.1. The van der Waals surface area contributed by atoms with Crippen LogP contribution in [0.25, 0.3) is 11.0 Å². The molecule has 19 heavy (non-hydrogen) atoms. The summed E-state index contributed by atoms with van der Waals surface area (Å²) < 4.78 is 2.24. The molecular weight excluding hydrogens is 236 g/mol. The molecule has 2 aromatic rings. The minimum absolute atomic E-state index is 0.764. The van der Waals surface area contributed by atoms with Crippen LogP contribution in [0.5, 0.6) is 0 Å². The Kier molecular flexibility index (Phi) is 2.58. The molecule has 2 aliphatic heterocycles. The van der Waals surface area contributed by atoms with E-state index in [9.17, 15) is 0 Å². The number of fused-ring (bicyclic) bond motifs is 3. The average Bonchev–Trinajstić information content (AvgIpc) is 2.92. The molecule has 1 N–H and O–H groups in total. The van der Waals surface area contributed by atoms with Crippen LogP contribution in [0.1, 0.15) is 31.5 Å². The van der Waals surface area contributed by atoms with Crippen LogP contribution < -0.4 is 5.32 Å². The van der Waals surface area contributed by atoms with Crippen LogP contribution in [0.3, 0.4) is 0 Å². The minimum Gasteiger partial charge on any atom is -0.331 e. The van der Waals surface area contributed by atoms with Gasteiger partial charge in [0.1, 0.15) is 11.3 Å². The predicted molar refractivity (Wildman–Crippen MR) is 74.9 cm³/mol. The van der Waals surface area contributed by atoms with Gasteiger partial charge in [0.15, 0.2) is 0 Å². The van der Waals surface area contributed by atoms with E-state index in [1.807, 2.05) is 12.4 Å². The Bertz CT molecular complexity index is 591. The predicted octanol–water partition coefficient (Wildman–Crippen LogP) is 2.04. The zero-order chi connectivity index (χ0) is 12.8. The molecule has 0 amide bonds. The molecule has 4 nitrogen and oxygen atoms in total. The average molecular weight is 256 g/mol. The van der Waals surface area contributed by atoms with E-state index in [2.05, 4.69) is 28.0 Å². The van der Waals surface area contributed by atoms with Crippen LogP contribution in [0.2, 0.25) is 0 Å². The monoisotopic (exact) mass is 256 g/mol. The van der Waals surface area contributed by atoms with Gasteiger partial charge in [-0.2, -0.15) is 0 Å². The third-order valence-corrected chi connectivity index (χ3v) is 4.82. The summed E-state index contributed by atoms with van der Waals surface area (Å²) in [5.74, 6) is 2.01. The molecule has 0 saturated carbocycles. The van der Waals surface area contributed by atoms with E-state index in [-0.39, 0.29) is 0 Å². The highest BCUT2D eigenvalue weighted by molar-refractivity contribution is 5.74. The SMILES string of the molecule is Cn1c(CC2CC3CCC(C2)N3)nc2cnccc21. The summed E-state index contributed by atoms with van der Waals surface area (Å²) in [5.41, 5.74) is 2.22. The maximum Gasteiger partial charge on any atom is 0.109 e. The number of rotatable bonds is 2. The number of aromatic nitrogens is 3. The van der Waals surface area contributed by atoms with Gasteiger partial charge in [-0.3, -0.25) is 4.98 Å². The molecule has 100 valence electrons. The Hall–Kier alpha value is -1.42. The highest BCUT2D eigenvalue weighted by Gasteiger charge is 2.33. The van der Waals surface area contributed by atoms with Crippen LogP contribution in [0, 0.1) is 5.92 Å². The lowest BCUT2D eigenvalue weighted by molar-refractivity contribution is 0.294. The smallest absolute Gasteiger partial charge is 0.109 e. The van der Waals surface area contributed by atoms with E-state index in [0.717, 1.165) is 29.9 Å². The second kappa shape index (κ2) is 4.30. The van der Waals surface area contributed by atoms with Crippen molar-refractivity contribution in [2.45, 2.75) is 44.2 Å². The largest absolute Gasteiger partial charge is 0.331 e. The van der Waals surface area contributed by atoms with Gasteiger partial charge in [-0.1, -0.05) is 0 Å². The van der Waals surface area contributed by atoms with Crippen molar-refractivity contribution in [2.75, 3.05) is 0 Å². The summed E-state index contributed by atoms with van der Waals surface area (Å²) in [6, 6.07) is 3.58. The van der Waals surface area contributed by atoms with E-state index in [1.54, 1.807) is 0 Å². The first-order chi connectivity index (χ1) is 9.29. The van der Waals surface area contributed by atoms with Gasteiger partial charge < -0.3 is 9.88 Å². The number of pyridine rings is 1. The Morgan fingerprint density at radius 2 is 2.11 bits per heavy atom. The lowest BCUT2D eigenvalue weighted by atomic mass is 9.89. The van der Waals surface area contributed by atoms with Gasteiger partial charge in [-0.05, 0) is 37.7 Å². The summed E-state index contributed by atoms with van der Waals surface area (Å²) in [5, 5.41) is 3.71. The van der Waals surface area contributed by atoms with Crippen molar-refractivity contribution in [1.29, 1.82) is 0 Å². The number of nitrogens with zero attached hydrogens (tertiary/aromatic N) is 3. The molecule has 2 unspecified atom stereocenters. The molecule has 0 radical (unpaired) electrons. The molecule has 4 rings (SSSR count). The Morgan fingerprint density at radius 3 is 2.84 bits per heavy atom. The van der Waals surface area contributed by atoms with E-state index >= 15 is 0 Å². The number of nitrogens with one attached hydrogen (secondary N) is 1. The summed E-state index contributed by atoms with van der Waals surface area (Å²) in [7, 11) is 2.13. The zero-order valence-corrected chi connectivity index (χ0v) is 11.3. The second-order valence-corrected chi connectivity index (χ2v) is 6.13. The summed E-state index contributed by atoms with van der Waals surface area (Å²) in [4.78, 5) is 8.92. The van der Waals surface area contributed by atoms with E-state index in [0.29, 0.717) is 0 Å². The molecule has 2 aromatic heterocycles. The number of imidazole rings is 1. The van der Waals surface area contributed by atoms with Crippen molar-refractivity contribution < 1.29 is 0 Å². The van der Waals surface area contributed by atoms with Crippen molar-refractivity contribution in [3.63, 3.8) is 0 Å². The molecule has 4 heteroatoms. The third-order valence-electron chi connectivity index (χ3n) is 4.82. The lowest BCUT2D eigenvalue weighted by Gasteiger charge is -2.28. The number of piperidine rings is 1. The molecule has 2 aliphatic rings. The summed E-state index contributed by atoms with van der Waals surface area (Å²) in [6.07, 6.45) is 10.2. The number of aryl methyl sites for hydroxylation is 1. The van der Waals surface area contributed by atoms with Gasteiger partial charge >= 0.3 is 0 Å². The molecule has 0 aromatic carbocycles. The molecule has 2 fully saturated rings. The first kappa shape index (κ1) is 11.4. The Labute approximate surface area is 113 Å². The molecule has 2 saturated heterocycles. The van der Waals surface area contributed by atoms with Crippen molar-refractivity contribution in [3.05, 3.63) is 24.3 Å². The van der Waals surface area contributed by atoms with Crippen molar-refractivity contribution >= 4 is 11.0 Å². The molecular formula is C15H20N4. The Balaban J connectivity index is 1.59. The summed E-state index contributed by atoms with van der Waals surface area (Å²) in [6.45, 7) is 0. The fourth-order valence-electron chi connectivity index (χ4n) is 3.88. The topological polar surface area (TPSA) is 42.7 Å². The normalized spacial score (nSPS) is 30.1. The number of hydrogen-bond acceptors (Lipinski definition) is 3. The van der Waals surface area contributed by atoms with Gasteiger partial charge in [0.2, 0.25) is 0 Å². The van der Waals surface area contributed by atoms with Gasteiger partial charge in [-0.25, -0.2) is 4.98 Å². The standard InChI is InChI=1S/C15H20N4/c1-19-14-4-5-16-9-13(14)18-15(19)8-10-6-11-2-3-12(7-10)17-11/h4-5,9-12,17H,2-3,6-8H2,1H3. The van der Waals surface area contributed by atoms with Gasteiger partial charge in [0.25, 0.3) is 0 Å². The van der Waals surface area contributed by atoms with Crippen LogP contribution >= 0.6 is 0 Å². The lowest BCUT2D eigenvalue weighted by Crippen LogP contribution is -2.38. The van der Waals surface area contributed by atoms with Crippen LogP contribution in [-0.4, -0.2) is 26.6 Å². The maximum absolute atomic E-state index is 4.76. The minimum atomic E-state index is 0.764. The first-order valence-electron chi connectivity index (χ1n) is 7.31. The first-order valence-corrected chi connectivity index (χ1v) is 7.31. The summed E-state index contributed by atoms with van der Waals surface area (Å²) >= 11 is 0. The third kappa shape index (κ3) is 1.94. The molecule has 0 aliphatic carbocycles. The van der Waals surface area contributed by atoms with Gasteiger partial charge in [0, 0.05) is 31.7 Å². The quantitative estimate of drug-likeness (QED) is 0.894. The zero-order valence-electron chi connectivity index (χ0n) is 11.3. The molecule has 2 atom stereocenters. The van der Waals surface area contributed by atoms with Crippen LogP contribution in [0.4, 0.5) is 0 Å². The van der Waals surface area contributed by atoms with E-state index in [4.69, 9.17) is 4.98 Å². The second-order valence-electron chi connectivity index (χ2n) is 6.13. The number of hydrogen-bond donors (Lipinski definition) is 1. The highest BCUT2D eigenvalue weighted by Crippen LogP contribution is 2.33. The fourth-order valence-corrected chi connectivity index (χ4v) is 3.88. The molecule has 0 spiro atoms. The van der Waals surface area contributed by atoms with E-state index < -0.39 is 0 Å². The van der Waals surface area contributed by atoms with E-state index in [1.165, 1.54) is 37.0 Å². The van der Waals surface area contributed by atoms with Gasteiger partial charge in [-0.15, -0.1) is 0 Å². The van der Waals surface area contributed by atoms with Crippen molar-refractivity contribution in [2.24, 2.45) is 13.0 Å². The fraction of sp³-hybridized carbons (Fsp3) is 0.600. The molecule has 2 bridgehead atoms. The Morgan fingerprint density at radius 1 is 1.32 bits per heavy atom. The molecule has 4 heterocycles. The van der Waals surface area contributed by atoms with Crippen LogP contribution in [0.15, 0.2) is 18.5 Å². The van der Waals surface area contributed by atoms with Gasteiger partial charge in [0.05, 0.1) is 11.7 Å².